The van der Waals surface area contributed by atoms with Crippen LogP contribution in [0, 0.1) is 0 Å². The zero-order valence-electron chi connectivity index (χ0n) is 22.3. The number of carbonyl (C=O) groups excluding carboxylic acids is 2. The van der Waals surface area contributed by atoms with Crippen molar-refractivity contribution in [2.75, 3.05) is 6.54 Å². The Labute approximate surface area is 225 Å². The van der Waals surface area contributed by atoms with Gasteiger partial charge in [0.15, 0.2) is 0 Å². The summed E-state index contributed by atoms with van der Waals surface area (Å²) < 4.78 is 37.6. The SMILES string of the molecule is CCCC(=O)Oc1ccccc1S(=O)(=O)c1ccc(CCN(Cc2ccccc2)C(=O)OC(C)(C)C)cc1. The Morgan fingerprint density at radius 3 is 2.11 bits per heavy atom. The molecule has 0 radical (unpaired) electrons. The zero-order valence-corrected chi connectivity index (χ0v) is 23.2. The highest BCUT2D eigenvalue weighted by atomic mass is 32.2. The highest BCUT2D eigenvalue weighted by Crippen LogP contribution is 2.30. The second-order valence-electron chi connectivity index (χ2n) is 9.96. The maximum Gasteiger partial charge on any atom is 0.410 e. The van der Waals surface area contributed by atoms with Crippen molar-refractivity contribution in [1.29, 1.82) is 0 Å². The maximum atomic E-state index is 13.3. The average molecular weight is 538 g/mol. The van der Waals surface area contributed by atoms with Crippen LogP contribution in [-0.4, -0.2) is 37.5 Å². The Kier molecular flexibility index (Phi) is 9.69. The van der Waals surface area contributed by atoms with Crippen LogP contribution < -0.4 is 4.74 Å². The van der Waals surface area contributed by atoms with E-state index in [0.29, 0.717) is 25.9 Å². The molecule has 0 aliphatic heterocycles. The van der Waals surface area contributed by atoms with Crippen molar-refractivity contribution in [2.24, 2.45) is 0 Å². The lowest BCUT2D eigenvalue weighted by Gasteiger charge is -2.27. The molecule has 3 aromatic carbocycles. The first-order valence-corrected chi connectivity index (χ1v) is 14.1. The molecule has 0 bridgehead atoms. The lowest BCUT2D eigenvalue weighted by atomic mass is 10.1. The number of esters is 1. The second-order valence-corrected chi connectivity index (χ2v) is 11.9. The minimum absolute atomic E-state index is 0.0175. The van der Waals surface area contributed by atoms with E-state index in [0.717, 1.165) is 11.1 Å². The van der Waals surface area contributed by atoms with E-state index in [2.05, 4.69) is 0 Å². The summed E-state index contributed by atoms with van der Waals surface area (Å²) in [4.78, 5) is 26.5. The van der Waals surface area contributed by atoms with Gasteiger partial charge in [0.1, 0.15) is 16.2 Å². The molecule has 3 rings (SSSR count). The minimum Gasteiger partial charge on any atom is -0.444 e. The van der Waals surface area contributed by atoms with Crippen LogP contribution in [0.25, 0.3) is 0 Å². The molecule has 0 N–H and O–H groups in total. The van der Waals surface area contributed by atoms with E-state index in [9.17, 15) is 18.0 Å². The molecule has 3 aromatic rings. The summed E-state index contributed by atoms with van der Waals surface area (Å²) in [5.74, 6) is -0.459. The molecule has 0 saturated heterocycles. The monoisotopic (exact) mass is 537 g/mol. The molecule has 0 saturated carbocycles. The number of carbonyl (C=O) groups is 2. The van der Waals surface area contributed by atoms with Crippen molar-refractivity contribution in [3.05, 3.63) is 90.0 Å². The molecule has 0 heterocycles. The number of amides is 1. The highest BCUT2D eigenvalue weighted by molar-refractivity contribution is 7.91. The smallest absolute Gasteiger partial charge is 0.410 e. The first-order valence-electron chi connectivity index (χ1n) is 12.6. The van der Waals surface area contributed by atoms with E-state index in [4.69, 9.17) is 9.47 Å². The quantitative estimate of drug-likeness (QED) is 0.226. The fourth-order valence-electron chi connectivity index (χ4n) is 3.73. The van der Waals surface area contributed by atoms with E-state index in [1.54, 1.807) is 29.2 Å². The summed E-state index contributed by atoms with van der Waals surface area (Å²) >= 11 is 0. The Bertz CT molecular complexity index is 1330. The fraction of sp³-hybridized carbons (Fsp3) is 0.333. The molecule has 0 atom stereocenters. The first-order chi connectivity index (χ1) is 18.0. The summed E-state index contributed by atoms with van der Waals surface area (Å²) in [6.07, 6.45) is 0.909. The van der Waals surface area contributed by atoms with Gasteiger partial charge in [-0.1, -0.05) is 61.5 Å². The number of sulfone groups is 1. The topological polar surface area (TPSA) is 90.0 Å². The normalized spacial score (nSPS) is 11.6. The maximum absolute atomic E-state index is 13.3. The molecule has 0 aromatic heterocycles. The van der Waals surface area contributed by atoms with Crippen LogP contribution >= 0.6 is 0 Å². The summed E-state index contributed by atoms with van der Waals surface area (Å²) in [6, 6.07) is 22.3. The van der Waals surface area contributed by atoms with E-state index in [-0.39, 0.29) is 22.0 Å². The Balaban J connectivity index is 1.75. The van der Waals surface area contributed by atoms with Crippen LogP contribution in [0.2, 0.25) is 0 Å². The summed E-state index contributed by atoms with van der Waals surface area (Å²) in [7, 11) is -3.91. The summed E-state index contributed by atoms with van der Waals surface area (Å²) in [5.41, 5.74) is 1.23. The Morgan fingerprint density at radius 2 is 1.47 bits per heavy atom. The molecule has 0 spiro atoms. The van der Waals surface area contributed by atoms with Crippen LogP contribution in [0.4, 0.5) is 4.79 Å². The Hall–Kier alpha value is -3.65. The van der Waals surface area contributed by atoms with Gasteiger partial charge in [-0.15, -0.1) is 0 Å². The number of nitrogens with zero attached hydrogens (tertiary/aromatic N) is 1. The van der Waals surface area contributed by atoms with Crippen LogP contribution in [0.3, 0.4) is 0 Å². The number of para-hydroxylation sites is 1. The van der Waals surface area contributed by atoms with Gasteiger partial charge in [-0.2, -0.15) is 0 Å². The van der Waals surface area contributed by atoms with Gasteiger partial charge in [0.25, 0.3) is 0 Å². The standard InChI is InChI=1S/C30H35NO6S/c1-5-11-28(32)36-26-14-9-10-15-27(26)38(34,35)25-18-16-23(17-19-25)20-21-31(29(33)37-30(2,3)4)22-24-12-7-6-8-13-24/h6-10,12-19H,5,11,20-22H2,1-4H3. The van der Waals surface area contributed by atoms with Crippen LogP contribution in [-0.2, 0) is 32.3 Å². The molecule has 0 unspecified atom stereocenters. The van der Waals surface area contributed by atoms with E-state index >= 15 is 0 Å². The first kappa shape index (κ1) is 28.9. The van der Waals surface area contributed by atoms with Gasteiger partial charge in [0, 0.05) is 19.5 Å². The molecule has 202 valence electrons. The summed E-state index contributed by atoms with van der Waals surface area (Å²) in [6.45, 7) is 8.12. The van der Waals surface area contributed by atoms with Crippen molar-refractivity contribution < 1.29 is 27.5 Å². The lowest BCUT2D eigenvalue weighted by molar-refractivity contribution is -0.134. The third-order valence-corrected chi connectivity index (χ3v) is 7.40. The molecule has 1 amide bonds. The van der Waals surface area contributed by atoms with Crippen molar-refractivity contribution >= 4 is 21.9 Å². The molecular formula is C30H35NO6S. The van der Waals surface area contributed by atoms with Gasteiger partial charge in [-0.3, -0.25) is 4.79 Å². The summed E-state index contributed by atoms with van der Waals surface area (Å²) in [5, 5.41) is 0. The number of hydrogen-bond acceptors (Lipinski definition) is 6. The van der Waals surface area contributed by atoms with E-state index in [1.807, 2.05) is 58.0 Å². The second kappa shape index (κ2) is 12.7. The van der Waals surface area contributed by atoms with Crippen molar-refractivity contribution in [3.63, 3.8) is 0 Å². The van der Waals surface area contributed by atoms with Gasteiger partial charge in [0.2, 0.25) is 9.84 Å². The predicted molar refractivity (Wildman–Crippen MR) is 146 cm³/mol. The molecule has 0 fully saturated rings. The van der Waals surface area contributed by atoms with Crippen LogP contribution in [0.5, 0.6) is 5.75 Å². The van der Waals surface area contributed by atoms with Gasteiger partial charge in [-0.25, -0.2) is 13.2 Å². The largest absolute Gasteiger partial charge is 0.444 e. The van der Waals surface area contributed by atoms with Crippen LogP contribution in [0.1, 0.15) is 51.7 Å². The minimum atomic E-state index is -3.91. The third-order valence-electron chi connectivity index (χ3n) is 5.59. The van der Waals surface area contributed by atoms with Gasteiger partial charge < -0.3 is 14.4 Å². The number of hydrogen-bond donors (Lipinski definition) is 0. The molecular weight excluding hydrogens is 502 g/mol. The predicted octanol–water partition coefficient (Wildman–Crippen LogP) is 6.20. The van der Waals surface area contributed by atoms with Crippen molar-refractivity contribution in [2.45, 2.75) is 68.9 Å². The van der Waals surface area contributed by atoms with Crippen molar-refractivity contribution in [1.82, 2.24) is 4.90 Å². The van der Waals surface area contributed by atoms with E-state index in [1.165, 1.54) is 24.3 Å². The van der Waals surface area contributed by atoms with Gasteiger partial charge >= 0.3 is 12.1 Å². The zero-order chi connectivity index (χ0) is 27.8. The fourth-order valence-corrected chi connectivity index (χ4v) is 5.11. The molecule has 0 aliphatic carbocycles. The number of ether oxygens (including phenoxy) is 2. The average Bonchev–Trinajstić information content (AvgIpc) is 2.86. The van der Waals surface area contributed by atoms with Crippen molar-refractivity contribution in [3.8, 4) is 5.75 Å². The number of rotatable bonds is 10. The Morgan fingerprint density at radius 1 is 0.842 bits per heavy atom. The van der Waals surface area contributed by atoms with Crippen LogP contribution in [0.15, 0.2) is 88.7 Å². The van der Waals surface area contributed by atoms with Gasteiger partial charge in [-0.05, 0) is 69.0 Å². The molecule has 38 heavy (non-hydrogen) atoms. The molecule has 8 heteroatoms. The lowest BCUT2D eigenvalue weighted by Crippen LogP contribution is -2.37. The number of benzene rings is 3. The van der Waals surface area contributed by atoms with Gasteiger partial charge in [0.05, 0.1) is 4.90 Å². The third kappa shape index (κ3) is 8.18. The molecule has 7 nitrogen and oxygen atoms in total. The highest BCUT2D eigenvalue weighted by Gasteiger charge is 2.24. The van der Waals surface area contributed by atoms with E-state index < -0.39 is 27.5 Å². The molecule has 0 aliphatic rings.